The molecule has 8 atom stereocenters. The Morgan fingerprint density at radius 2 is 1.28 bits per heavy atom. The van der Waals surface area contributed by atoms with E-state index in [9.17, 15) is 24.3 Å². The van der Waals surface area contributed by atoms with Crippen molar-refractivity contribution in [3.63, 3.8) is 0 Å². The van der Waals surface area contributed by atoms with E-state index in [0.717, 1.165) is 86.6 Å². The Labute approximate surface area is 336 Å². The normalized spacial score (nSPS) is 23.9. The van der Waals surface area contributed by atoms with Crippen LogP contribution >= 0.6 is 0 Å². The molecule has 4 aliphatic rings. The van der Waals surface area contributed by atoms with E-state index in [1.807, 2.05) is 36.0 Å². The summed E-state index contributed by atoms with van der Waals surface area (Å²) in [6.45, 7) is 3.72. The number of rotatable bonds is 11. The van der Waals surface area contributed by atoms with E-state index >= 15 is 0 Å². The summed E-state index contributed by atoms with van der Waals surface area (Å²) in [5.41, 5.74) is 5.90. The predicted octanol–water partition coefficient (Wildman–Crippen LogP) is 7.13. The van der Waals surface area contributed by atoms with Crippen molar-refractivity contribution < 1.29 is 29.0 Å². The third-order valence-corrected chi connectivity index (χ3v) is 12.8. The Morgan fingerprint density at radius 3 is 1.83 bits per heavy atom. The van der Waals surface area contributed by atoms with Gasteiger partial charge in [-0.05, 0) is 90.0 Å². The molecule has 4 fully saturated rings. The molecule has 2 aromatic heterocycles. The van der Waals surface area contributed by atoms with Gasteiger partial charge in [-0.2, -0.15) is 0 Å². The van der Waals surface area contributed by atoms with Crippen molar-refractivity contribution in [3.05, 3.63) is 84.7 Å². The fourth-order valence-electron chi connectivity index (χ4n) is 9.41. The maximum Gasteiger partial charge on any atom is 0.407 e. The first-order valence-electron chi connectivity index (χ1n) is 20.3. The fourth-order valence-corrected chi connectivity index (χ4v) is 9.41. The molecule has 2 aliphatic heterocycles. The number of likely N-dealkylation sites (N-methyl/N-ethyl adjacent to an activating group) is 1. The lowest BCUT2D eigenvalue weighted by Gasteiger charge is -2.32. The maximum absolute atomic E-state index is 13.6. The monoisotopic (exact) mass is 784 g/mol. The van der Waals surface area contributed by atoms with Crippen LogP contribution in [0.4, 0.5) is 9.59 Å². The molecule has 14 heteroatoms. The highest BCUT2D eigenvalue weighted by atomic mass is 16.5. The lowest BCUT2D eigenvalue weighted by molar-refractivity contribution is -0.138. The van der Waals surface area contributed by atoms with Gasteiger partial charge in [-0.1, -0.05) is 62.4 Å². The maximum atomic E-state index is 13.6. The molecule has 4 N–H and O–H groups in total. The SMILES string of the molecule is CC[C@H](NC(=O)OC)C(=O)N1[C@@H]2C[C@H]2C[C@H]1c1ncc(-c2ccc3cc(-c4ccc(-c5cnc([C@@H]6C[C@H]7C[C@H]7N6C(=O)[C@H](CC)N(C)C(=O)O)[nH]5)cc4)ccc3c2)[nH]1. The van der Waals surface area contributed by atoms with Crippen LogP contribution in [0.2, 0.25) is 0 Å². The number of H-pyrrole nitrogens is 2. The number of carbonyl (C=O) groups excluding carboxylic acids is 3. The summed E-state index contributed by atoms with van der Waals surface area (Å²) in [5.74, 6) is 2.12. The molecule has 4 heterocycles. The summed E-state index contributed by atoms with van der Waals surface area (Å²) in [6, 6.07) is 19.7. The number of carboxylic acid groups (broad SMARTS) is 1. The second kappa shape index (κ2) is 14.6. The number of carbonyl (C=O) groups is 4. The molecule has 9 rings (SSSR count). The van der Waals surface area contributed by atoms with Gasteiger partial charge in [0.05, 0.1) is 43.0 Å². The van der Waals surface area contributed by atoms with Crippen molar-refractivity contribution >= 4 is 34.8 Å². The molecule has 2 saturated heterocycles. The van der Waals surface area contributed by atoms with Crippen molar-refractivity contribution in [3.8, 4) is 33.6 Å². The van der Waals surface area contributed by atoms with Gasteiger partial charge < -0.3 is 34.9 Å². The van der Waals surface area contributed by atoms with E-state index in [0.29, 0.717) is 24.7 Å². The summed E-state index contributed by atoms with van der Waals surface area (Å²) in [6.07, 6.45) is 6.41. The predicted molar refractivity (Wildman–Crippen MR) is 216 cm³/mol. The average molecular weight is 785 g/mol. The molecular weight excluding hydrogens is 737 g/mol. The number of hydrogen-bond donors (Lipinski definition) is 4. The van der Waals surface area contributed by atoms with Crippen molar-refractivity contribution in [2.75, 3.05) is 14.2 Å². The van der Waals surface area contributed by atoms with Crippen molar-refractivity contribution in [2.45, 2.75) is 88.6 Å². The first-order valence-corrected chi connectivity index (χ1v) is 20.3. The Morgan fingerprint density at radius 1 is 0.759 bits per heavy atom. The number of aromatic amines is 2. The highest BCUT2D eigenvalue weighted by Gasteiger charge is 2.57. The van der Waals surface area contributed by atoms with Crippen LogP contribution in [0.15, 0.2) is 73.1 Å². The van der Waals surface area contributed by atoms with E-state index < -0.39 is 24.3 Å². The molecule has 300 valence electrons. The van der Waals surface area contributed by atoms with Gasteiger partial charge in [0.15, 0.2) is 0 Å². The lowest BCUT2D eigenvalue weighted by Crippen LogP contribution is -2.49. The van der Waals surface area contributed by atoms with E-state index in [1.165, 1.54) is 14.2 Å². The van der Waals surface area contributed by atoms with Crippen LogP contribution in [0, 0.1) is 11.8 Å². The van der Waals surface area contributed by atoms with E-state index in [1.54, 1.807) is 0 Å². The molecular formula is C44H48N8O6. The van der Waals surface area contributed by atoms with Crippen LogP contribution < -0.4 is 5.32 Å². The minimum absolute atomic E-state index is 0.0977. The Hall–Kier alpha value is -6.18. The Kier molecular flexibility index (Phi) is 9.44. The van der Waals surface area contributed by atoms with Gasteiger partial charge >= 0.3 is 12.2 Å². The number of piperidine rings is 2. The van der Waals surface area contributed by atoms with E-state index in [2.05, 4.69) is 75.9 Å². The van der Waals surface area contributed by atoms with Crippen molar-refractivity contribution in [1.82, 2.24) is 40.0 Å². The van der Waals surface area contributed by atoms with Crippen LogP contribution in [0.25, 0.3) is 44.4 Å². The highest BCUT2D eigenvalue weighted by Crippen LogP contribution is 2.54. The molecule has 58 heavy (non-hydrogen) atoms. The standard InChI is InChI=1S/C44H48N8O6/c1-5-31(49-43(55)58-4)41(53)51-35-17-29(35)19-37(51)39-46-22-33(48-39)28-14-13-26-15-25(11-12-27(26)16-28)23-7-9-24(10-8-23)32-21-45-40(47-32)38-20-30-18-36(30)52(38)42(54)34(6-2)50(3)44(56)57/h7-16,21-22,29-31,34-38H,5-6,17-20H2,1-4H3,(H,45,47)(H,46,48)(H,49,55)(H,56,57)/t29-,30+,31-,34-,35+,36+,37-,38-/m0/s1. The first-order chi connectivity index (χ1) is 28.1. The van der Waals surface area contributed by atoms with Gasteiger partial charge in [0, 0.05) is 24.7 Å². The summed E-state index contributed by atoms with van der Waals surface area (Å²) in [4.78, 5) is 72.2. The van der Waals surface area contributed by atoms with Crippen LogP contribution in [-0.4, -0.2) is 102 Å². The highest BCUT2D eigenvalue weighted by molar-refractivity contribution is 5.91. The van der Waals surface area contributed by atoms with E-state index in [4.69, 9.17) is 14.7 Å². The number of aromatic nitrogens is 4. The number of nitrogens with one attached hydrogen (secondary N) is 3. The minimum Gasteiger partial charge on any atom is -0.465 e. The topological polar surface area (TPSA) is 177 Å². The van der Waals surface area contributed by atoms with Gasteiger partial charge in [0.25, 0.3) is 0 Å². The van der Waals surface area contributed by atoms with Gasteiger partial charge in [-0.15, -0.1) is 0 Å². The molecule has 2 saturated carbocycles. The number of amides is 4. The lowest BCUT2D eigenvalue weighted by atomic mass is 9.98. The third kappa shape index (κ3) is 6.63. The Bertz CT molecular complexity index is 2410. The first kappa shape index (κ1) is 37.4. The number of imidazole rings is 2. The number of alkyl carbamates (subject to hydrolysis) is 1. The van der Waals surface area contributed by atoms with Gasteiger partial charge in [-0.3, -0.25) is 14.5 Å². The molecule has 3 aromatic carbocycles. The molecule has 0 spiro atoms. The second-order valence-electron chi connectivity index (χ2n) is 16.3. The van der Waals surface area contributed by atoms with Gasteiger partial charge in [0.1, 0.15) is 23.7 Å². The summed E-state index contributed by atoms with van der Waals surface area (Å²) in [5, 5.41) is 14.4. The number of likely N-dealkylation sites (tertiary alicyclic amines) is 2. The molecule has 2 aliphatic carbocycles. The number of hydrogen-bond acceptors (Lipinski definition) is 7. The third-order valence-electron chi connectivity index (χ3n) is 12.8. The number of fused-ring (bicyclic) bond motifs is 3. The fraction of sp³-hybridized carbons (Fsp3) is 0.409. The van der Waals surface area contributed by atoms with Crippen molar-refractivity contribution in [2.24, 2.45) is 11.8 Å². The summed E-state index contributed by atoms with van der Waals surface area (Å²) < 4.78 is 4.75. The second-order valence-corrected chi connectivity index (χ2v) is 16.3. The van der Waals surface area contributed by atoms with Crippen LogP contribution in [0.5, 0.6) is 0 Å². The summed E-state index contributed by atoms with van der Waals surface area (Å²) in [7, 11) is 2.76. The molecule has 0 radical (unpaired) electrons. The number of methoxy groups -OCH3 is 1. The van der Waals surface area contributed by atoms with Crippen LogP contribution in [-0.2, 0) is 14.3 Å². The van der Waals surface area contributed by atoms with Crippen molar-refractivity contribution in [1.29, 1.82) is 0 Å². The smallest absolute Gasteiger partial charge is 0.407 e. The zero-order chi connectivity index (χ0) is 40.4. The zero-order valence-electron chi connectivity index (χ0n) is 33.0. The number of nitrogens with zero attached hydrogens (tertiary/aromatic N) is 5. The van der Waals surface area contributed by atoms with E-state index in [-0.39, 0.29) is 36.0 Å². The van der Waals surface area contributed by atoms with Gasteiger partial charge in [-0.25, -0.2) is 19.6 Å². The molecule has 14 nitrogen and oxygen atoms in total. The largest absolute Gasteiger partial charge is 0.465 e. The minimum atomic E-state index is -1.11. The molecule has 4 amide bonds. The molecule has 5 aromatic rings. The zero-order valence-corrected chi connectivity index (χ0v) is 33.0. The molecule has 0 unspecified atom stereocenters. The van der Waals surface area contributed by atoms with Crippen LogP contribution in [0.1, 0.15) is 76.1 Å². The number of ether oxygens (including phenoxy) is 1. The Balaban J connectivity index is 0.881. The van der Waals surface area contributed by atoms with Gasteiger partial charge in [0.2, 0.25) is 11.8 Å². The summed E-state index contributed by atoms with van der Waals surface area (Å²) >= 11 is 0. The average Bonchev–Trinajstić information content (AvgIpc) is 3.83. The van der Waals surface area contributed by atoms with Crippen LogP contribution in [0.3, 0.4) is 0 Å². The molecule has 0 bridgehead atoms. The quantitative estimate of drug-likeness (QED) is 0.109. The number of benzene rings is 3.